The number of carbonyl (C=O) groups is 1. The number of carboxylic acids is 1. The van der Waals surface area contributed by atoms with Crippen LogP contribution >= 0.6 is 0 Å². The molecule has 1 aliphatic rings. The van der Waals surface area contributed by atoms with E-state index in [-0.39, 0.29) is 0 Å². The van der Waals surface area contributed by atoms with Crippen LogP contribution < -0.4 is 4.74 Å². The molecule has 34 heavy (non-hydrogen) atoms. The summed E-state index contributed by atoms with van der Waals surface area (Å²) in [5.74, 6) is -0.649. The standard InChI is InChI=1S/C30H46O4/c1-3-5-7-9-10-11-13-17-25-34-30(22-20-26(21-23-30)29(31)32)27-18-14-15-19-28(27)33-24-16-12-8-6-4-2/h14-15,18-23,26H,3-13,16-17,24-25H2,1-2H3,(H,31,32). The SMILES string of the molecule is CCCCCCCCCCOC1(c2ccccc2OCCCCCCC)C=CC(C(=O)O)C=C1. The smallest absolute Gasteiger partial charge is 0.314 e. The van der Waals surface area contributed by atoms with E-state index < -0.39 is 17.5 Å². The van der Waals surface area contributed by atoms with Crippen molar-refractivity contribution in [3.63, 3.8) is 0 Å². The molecular formula is C30H46O4. The van der Waals surface area contributed by atoms with Gasteiger partial charge in [0, 0.05) is 12.2 Å². The lowest BCUT2D eigenvalue weighted by Gasteiger charge is -2.32. The van der Waals surface area contributed by atoms with Crippen LogP contribution in [-0.2, 0) is 15.1 Å². The Bertz CT molecular complexity index is 738. The lowest BCUT2D eigenvalue weighted by atomic mass is 9.85. The van der Waals surface area contributed by atoms with Gasteiger partial charge in [-0.15, -0.1) is 0 Å². The van der Waals surface area contributed by atoms with E-state index in [1.807, 2.05) is 36.4 Å². The normalized spacial score (nSPS) is 19.4. The Labute approximate surface area is 207 Å². The second-order valence-electron chi connectivity index (χ2n) is 9.46. The average Bonchev–Trinajstić information content (AvgIpc) is 2.85. The van der Waals surface area contributed by atoms with Crippen molar-refractivity contribution in [3.05, 3.63) is 54.1 Å². The quantitative estimate of drug-likeness (QED) is 0.163. The maximum absolute atomic E-state index is 11.5. The van der Waals surface area contributed by atoms with Gasteiger partial charge in [0.25, 0.3) is 0 Å². The van der Waals surface area contributed by atoms with Gasteiger partial charge in [0.15, 0.2) is 0 Å². The highest BCUT2D eigenvalue weighted by Crippen LogP contribution is 2.39. The first-order chi connectivity index (χ1) is 16.6. The topological polar surface area (TPSA) is 55.8 Å². The van der Waals surface area contributed by atoms with Crippen LogP contribution in [0.2, 0.25) is 0 Å². The molecule has 0 radical (unpaired) electrons. The number of carboxylic acid groups (broad SMARTS) is 1. The van der Waals surface area contributed by atoms with Crippen molar-refractivity contribution in [2.75, 3.05) is 13.2 Å². The van der Waals surface area contributed by atoms with Crippen molar-refractivity contribution >= 4 is 5.97 Å². The van der Waals surface area contributed by atoms with Crippen molar-refractivity contribution in [2.24, 2.45) is 5.92 Å². The summed E-state index contributed by atoms with van der Waals surface area (Å²) in [6.07, 6.45) is 23.2. The third-order valence-electron chi connectivity index (χ3n) is 6.54. The van der Waals surface area contributed by atoms with E-state index in [9.17, 15) is 9.90 Å². The summed E-state index contributed by atoms with van der Waals surface area (Å²) in [6.45, 7) is 5.78. The number of unbranched alkanes of at least 4 members (excludes halogenated alkanes) is 11. The maximum atomic E-state index is 11.5. The van der Waals surface area contributed by atoms with Gasteiger partial charge >= 0.3 is 5.97 Å². The van der Waals surface area contributed by atoms with Gasteiger partial charge in [-0.05, 0) is 31.1 Å². The molecule has 1 aromatic rings. The van der Waals surface area contributed by atoms with Crippen molar-refractivity contribution in [1.29, 1.82) is 0 Å². The molecular weight excluding hydrogens is 424 g/mol. The molecule has 0 heterocycles. The predicted molar refractivity (Wildman–Crippen MR) is 140 cm³/mol. The minimum atomic E-state index is -0.846. The van der Waals surface area contributed by atoms with Crippen molar-refractivity contribution < 1.29 is 19.4 Å². The molecule has 1 N–H and O–H groups in total. The number of benzene rings is 1. The lowest BCUT2D eigenvalue weighted by molar-refractivity contribution is -0.138. The second kappa shape index (κ2) is 16.5. The summed E-state index contributed by atoms with van der Waals surface area (Å²) >= 11 is 0. The highest BCUT2D eigenvalue weighted by Gasteiger charge is 2.34. The molecule has 1 aliphatic carbocycles. The molecule has 0 unspecified atom stereocenters. The van der Waals surface area contributed by atoms with Gasteiger partial charge in [0.2, 0.25) is 0 Å². The summed E-state index contributed by atoms with van der Waals surface area (Å²) in [7, 11) is 0. The Morgan fingerprint density at radius 3 is 1.91 bits per heavy atom. The first-order valence-corrected chi connectivity index (χ1v) is 13.6. The number of aliphatic carboxylic acids is 1. The van der Waals surface area contributed by atoms with Crippen LogP contribution in [0.5, 0.6) is 5.75 Å². The molecule has 4 nitrogen and oxygen atoms in total. The molecule has 0 amide bonds. The van der Waals surface area contributed by atoms with Crippen LogP contribution in [0, 0.1) is 5.92 Å². The van der Waals surface area contributed by atoms with Crippen LogP contribution in [0.25, 0.3) is 0 Å². The van der Waals surface area contributed by atoms with Gasteiger partial charge < -0.3 is 14.6 Å². The molecule has 0 spiro atoms. The summed E-state index contributed by atoms with van der Waals surface area (Å²) in [6, 6.07) is 8.01. The summed E-state index contributed by atoms with van der Waals surface area (Å²) < 4.78 is 12.7. The van der Waals surface area contributed by atoms with E-state index in [1.165, 1.54) is 64.2 Å². The van der Waals surface area contributed by atoms with E-state index in [0.29, 0.717) is 13.2 Å². The second-order valence-corrected chi connectivity index (χ2v) is 9.46. The molecule has 0 fully saturated rings. The minimum absolute atomic E-state index is 0.619. The molecule has 0 atom stereocenters. The third-order valence-corrected chi connectivity index (χ3v) is 6.54. The van der Waals surface area contributed by atoms with E-state index >= 15 is 0 Å². The monoisotopic (exact) mass is 470 g/mol. The van der Waals surface area contributed by atoms with Gasteiger partial charge in [-0.1, -0.05) is 115 Å². The largest absolute Gasteiger partial charge is 0.493 e. The number of hydrogen-bond acceptors (Lipinski definition) is 3. The molecule has 0 aliphatic heterocycles. The lowest BCUT2D eigenvalue weighted by Crippen LogP contribution is -2.30. The molecule has 0 saturated heterocycles. The Kier molecular flexibility index (Phi) is 13.7. The van der Waals surface area contributed by atoms with Crippen LogP contribution in [0.3, 0.4) is 0 Å². The van der Waals surface area contributed by atoms with Crippen LogP contribution in [0.4, 0.5) is 0 Å². The fourth-order valence-electron chi connectivity index (χ4n) is 4.41. The number of rotatable bonds is 19. The van der Waals surface area contributed by atoms with Crippen molar-refractivity contribution in [1.82, 2.24) is 0 Å². The predicted octanol–water partition coefficient (Wildman–Crippen LogP) is 8.22. The maximum Gasteiger partial charge on any atom is 0.314 e. The third kappa shape index (κ3) is 9.66. The van der Waals surface area contributed by atoms with E-state index in [0.717, 1.165) is 30.6 Å². The van der Waals surface area contributed by atoms with Gasteiger partial charge in [0.05, 0.1) is 12.5 Å². The summed E-state index contributed by atoms with van der Waals surface area (Å²) in [4.78, 5) is 11.5. The van der Waals surface area contributed by atoms with Crippen LogP contribution in [0.15, 0.2) is 48.6 Å². The molecule has 1 aromatic carbocycles. The van der Waals surface area contributed by atoms with Crippen molar-refractivity contribution in [2.45, 2.75) is 103 Å². The average molecular weight is 471 g/mol. The first kappa shape index (κ1) is 28.2. The van der Waals surface area contributed by atoms with E-state index in [1.54, 1.807) is 12.2 Å². The van der Waals surface area contributed by atoms with Gasteiger partial charge in [-0.25, -0.2) is 0 Å². The molecule has 0 bridgehead atoms. The van der Waals surface area contributed by atoms with Gasteiger partial charge in [0.1, 0.15) is 11.4 Å². The fourth-order valence-corrected chi connectivity index (χ4v) is 4.41. The zero-order chi connectivity index (χ0) is 24.5. The number of para-hydroxylation sites is 1. The molecule has 190 valence electrons. The minimum Gasteiger partial charge on any atom is -0.493 e. The van der Waals surface area contributed by atoms with Crippen LogP contribution in [-0.4, -0.2) is 24.3 Å². The van der Waals surface area contributed by atoms with E-state index in [2.05, 4.69) is 13.8 Å². The molecule has 0 saturated carbocycles. The summed E-state index contributed by atoms with van der Waals surface area (Å²) in [5.41, 5.74) is 0.158. The zero-order valence-electron chi connectivity index (χ0n) is 21.5. The Hall–Kier alpha value is -2.07. The number of hydrogen-bond donors (Lipinski definition) is 1. The van der Waals surface area contributed by atoms with Crippen molar-refractivity contribution in [3.8, 4) is 5.75 Å². The highest BCUT2D eigenvalue weighted by atomic mass is 16.5. The Morgan fingerprint density at radius 2 is 1.32 bits per heavy atom. The van der Waals surface area contributed by atoms with Gasteiger partial charge in [-0.2, -0.15) is 0 Å². The van der Waals surface area contributed by atoms with Crippen LogP contribution in [0.1, 0.15) is 103 Å². The number of ether oxygens (including phenoxy) is 2. The zero-order valence-corrected chi connectivity index (χ0v) is 21.5. The molecule has 2 rings (SSSR count). The summed E-state index contributed by atoms with van der Waals surface area (Å²) in [5, 5.41) is 9.42. The highest BCUT2D eigenvalue weighted by molar-refractivity contribution is 5.75. The first-order valence-electron chi connectivity index (χ1n) is 13.6. The fraction of sp³-hybridized carbons (Fsp3) is 0.633. The van der Waals surface area contributed by atoms with E-state index in [4.69, 9.17) is 9.47 Å². The molecule has 0 aromatic heterocycles. The Balaban J connectivity index is 1.99. The molecule has 4 heteroatoms. The van der Waals surface area contributed by atoms with Gasteiger partial charge in [-0.3, -0.25) is 4.79 Å². The Morgan fingerprint density at radius 1 is 0.794 bits per heavy atom.